The third-order valence-electron chi connectivity index (χ3n) is 9.33. The number of nitriles is 1. The number of likely N-dealkylation sites (N-methyl/N-ethyl adjacent to an activating group) is 1. The number of anilines is 1. The second kappa shape index (κ2) is 11.4. The molecule has 1 amide bonds. The Hall–Kier alpha value is -4.59. The number of imidazole rings is 1. The molecule has 2 aromatic carbocycles. The van der Waals surface area contributed by atoms with Gasteiger partial charge in [-0.05, 0) is 45.1 Å². The molecule has 11 heteroatoms. The molecule has 0 N–H and O–H groups in total. The largest absolute Gasteiger partial charge is 0.351 e. The summed E-state index contributed by atoms with van der Waals surface area (Å²) in [5.74, 6) is -0.0610. The number of carbonyl (C=O) groups excluding carboxylic acids is 1. The molecule has 2 saturated heterocycles. The van der Waals surface area contributed by atoms with E-state index in [2.05, 4.69) is 32.0 Å². The van der Waals surface area contributed by atoms with Crippen LogP contribution in [0.3, 0.4) is 0 Å². The van der Waals surface area contributed by atoms with E-state index in [1.807, 2.05) is 44.4 Å². The zero-order chi connectivity index (χ0) is 31.4. The molecule has 5 heterocycles. The molecule has 9 nitrogen and oxygen atoms in total. The number of aromatic nitrogens is 4. The number of amides is 1. The maximum Gasteiger partial charge on any atom is 0.246 e. The summed E-state index contributed by atoms with van der Waals surface area (Å²) in [6.07, 6.45) is 6.18. The molecule has 0 spiro atoms. The molecular weight excluding hydrogens is 591 g/mol. The summed E-state index contributed by atoms with van der Waals surface area (Å²) in [6, 6.07) is 13.5. The summed E-state index contributed by atoms with van der Waals surface area (Å²) < 4.78 is 19.0. The average molecular weight is 623 g/mol. The molecule has 0 bridgehead atoms. The van der Waals surface area contributed by atoms with Crippen LogP contribution < -0.4 is 4.90 Å². The molecule has 5 aromatic rings. The van der Waals surface area contributed by atoms with E-state index in [1.54, 1.807) is 23.5 Å². The number of fused-ring (bicyclic) bond motifs is 4. The van der Waals surface area contributed by atoms with Crippen LogP contribution in [0, 0.1) is 17.1 Å². The van der Waals surface area contributed by atoms with Crippen molar-refractivity contribution in [3.05, 3.63) is 72.4 Å². The Labute approximate surface area is 265 Å². The van der Waals surface area contributed by atoms with Crippen molar-refractivity contribution in [1.82, 2.24) is 29.3 Å². The van der Waals surface area contributed by atoms with Gasteiger partial charge in [-0.1, -0.05) is 42.4 Å². The number of para-hydroxylation sites is 1. The first-order valence-corrected chi connectivity index (χ1v) is 15.4. The summed E-state index contributed by atoms with van der Waals surface area (Å²) in [4.78, 5) is 32.9. The second-order valence-corrected chi connectivity index (χ2v) is 12.5. The predicted molar refractivity (Wildman–Crippen MR) is 175 cm³/mol. The van der Waals surface area contributed by atoms with E-state index >= 15 is 4.39 Å². The molecule has 45 heavy (non-hydrogen) atoms. The van der Waals surface area contributed by atoms with Crippen LogP contribution in [0.1, 0.15) is 25.3 Å². The first-order chi connectivity index (χ1) is 21.8. The number of hydrogen-bond acceptors (Lipinski definition) is 7. The fourth-order valence-electron chi connectivity index (χ4n) is 6.84. The van der Waals surface area contributed by atoms with Crippen molar-refractivity contribution in [2.24, 2.45) is 0 Å². The summed E-state index contributed by atoms with van der Waals surface area (Å²) >= 11 is 6.95. The van der Waals surface area contributed by atoms with Crippen molar-refractivity contribution in [2.75, 3.05) is 38.6 Å². The van der Waals surface area contributed by atoms with Gasteiger partial charge in [-0.15, -0.1) is 0 Å². The zero-order valence-electron chi connectivity index (χ0n) is 25.1. The van der Waals surface area contributed by atoms with Crippen molar-refractivity contribution in [3.63, 3.8) is 0 Å². The van der Waals surface area contributed by atoms with Gasteiger partial charge in [0.1, 0.15) is 11.0 Å². The minimum atomic E-state index is -0.509. The maximum atomic E-state index is 16.9. The van der Waals surface area contributed by atoms with Gasteiger partial charge in [0, 0.05) is 65.9 Å². The predicted octanol–water partition coefficient (Wildman–Crippen LogP) is 5.97. The Morgan fingerprint density at radius 1 is 1.20 bits per heavy atom. The summed E-state index contributed by atoms with van der Waals surface area (Å²) in [6.45, 7) is 5.60. The highest BCUT2D eigenvalue weighted by Gasteiger charge is 2.35. The summed E-state index contributed by atoms with van der Waals surface area (Å²) in [5, 5.41) is 11.3. The Bertz CT molecular complexity index is 2020. The van der Waals surface area contributed by atoms with E-state index in [-0.39, 0.29) is 40.5 Å². The number of carbonyl (C=O) groups is 1. The minimum absolute atomic E-state index is 0.0737. The molecular formula is C34H32ClFN8O. The van der Waals surface area contributed by atoms with Crippen LogP contribution in [-0.2, 0) is 4.79 Å². The topological polar surface area (TPSA) is 94.2 Å². The number of rotatable bonds is 6. The van der Waals surface area contributed by atoms with Crippen molar-refractivity contribution in [2.45, 2.75) is 37.4 Å². The van der Waals surface area contributed by atoms with E-state index in [1.165, 1.54) is 6.08 Å². The van der Waals surface area contributed by atoms with E-state index in [0.29, 0.717) is 53.2 Å². The molecule has 7 rings (SSSR count). The van der Waals surface area contributed by atoms with Gasteiger partial charge in [-0.25, -0.2) is 14.4 Å². The SMILES string of the molecule is C=CC(=O)N1CCC(n2cnc3c(N4CC(N(C)C)C4)nc4c(F)c(-c5cccc6cccnc56)c(Cl)cc4c32)CC1CC#N. The normalized spacial score (nSPS) is 18.9. The molecule has 0 radical (unpaired) electrons. The Kier molecular flexibility index (Phi) is 7.38. The van der Waals surface area contributed by atoms with E-state index in [4.69, 9.17) is 21.6 Å². The first kappa shape index (κ1) is 29.1. The van der Waals surface area contributed by atoms with Gasteiger partial charge >= 0.3 is 0 Å². The molecule has 2 fully saturated rings. The van der Waals surface area contributed by atoms with Crippen LogP contribution >= 0.6 is 11.6 Å². The smallest absolute Gasteiger partial charge is 0.246 e. The van der Waals surface area contributed by atoms with Gasteiger partial charge in [0.2, 0.25) is 5.91 Å². The van der Waals surface area contributed by atoms with Gasteiger partial charge in [0.15, 0.2) is 11.6 Å². The number of hydrogen-bond donors (Lipinski definition) is 0. The summed E-state index contributed by atoms with van der Waals surface area (Å²) in [5.41, 5.74) is 3.16. The lowest BCUT2D eigenvalue weighted by atomic mass is 9.94. The molecule has 228 valence electrons. The number of benzene rings is 2. The van der Waals surface area contributed by atoms with E-state index in [0.717, 1.165) is 24.0 Å². The van der Waals surface area contributed by atoms with Crippen LogP contribution in [0.5, 0.6) is 0 Å². The molecule has 0 aliphatic carbocycles. The Morgan fingerprint density at radius 3 is 2.76 bits per heavy atom. The van der Waals surface area contributed by atoms with Gasteiger partial charge in [-0.3, -0.25) is 9.78 Å². The van der Waals surface area contributed by atoms with Crippen LogP contribution in [0.4, 0.5) is 10.2 Å². The van der Waals surface area contributed by atoms with Crippen molar-refractivity contribution in [3.8, 4) is 17.2 Å². The lowest BCUT2D eigenvalue weighted by molar-refractivity contribution is -0.130. The third kappa shape index (κ3) is 4.78. The monoisotopic (exact) mass is 622 g/mol. The van der Waals surface area contributed by atoms with Crippen LogP contribution in [-0.4, -0.2) is 81.0 Å². The molecule has 3 aromatic heterocycles. The number of halogens is 2. The lowest BCUT2D eigenvalue weighted by Gasteiger charge is -2.43. The van der Waals surface area contributed by atoms with Crippen molar-refractivity contribution < 1.29 is 9.18 Å². The molecule has 2 atom stereocenters. The fourth-order valence-corrected chi connectivity index (χ4v) is 7.14. The van der Waals surface area contributed by atoms with Crippen LogP contribution in [0.15, 0.2) is 61.6 Å². The quantitative estimate of drug-likeness (QED) is 0.215. The molecule has 2 aliphatic heterocycles. The van der Waals surface area contributed by atoms with Crippen molar-refractivity contribution in [1.29, 1.82) is 5.26 Å². The number of pyridine rings is 2. The highest BCUT2D eigenvalue weighted by molar-refractivity contribution is 6.35. The van der Waals surface area contributed by atoms with Gasteiger partial charge in [-0.2, -0.15) is 5.26 Å². The first-order valence-electron chi connectivity index (χ1n) is 15.0. The highest BCUT2D eigenvalue weighted by Crippen LogP contribution is 2.43. The number of nitrogens with zero attached hydrogens (tertiary/aromatic N) is 8. The Balaban J connectivity index is 1.43. The molecule has 2 unspecified atom stereocenters. The second-order valence-electron chi connectivity index (χ2n) is 12.1. The maximum absolute atomic E-state index is 16.9. The van der Waals surface area contributed by atoms with Gasteiger partial charge in [0.25, 0.3) is 0 Å². The van der Waals surface area contributed by atoms with Gasteiger partial charge in [0.05, 0.1) is 34.9 Å². The minimum Gasteiger partial charge on any atom is -0.351 e. The average Bonchev–Trinajstić information content (AvgIpc) is 3.46. The third-order valence-corrected chi connectivity index (χ3v) is 9.63. The lowest BCUT2D eigenvalue weighted by Crippen LogP contribution is -2.57. The molecule has 0 saturated carbocycles. The Morgan fingerprint density at radius 2 is 2.00 bits per heavy atom. The summed E-state index contributed by atoms with van der Waals surface area (Å²) in [7, 11) is 4.10. The van der Waals surface area contributed by atoms with E-state index < -0.39 is 5.82 Å². The fraction of sp³-hybridized carbons (Fsp3) is 0.324. The molecule has 2 aliphatic rings. The van der Waals surface area contributed by atoms with Crippen LogP contribution in [0.2, 0.25) is 5.02 Å². The zero-order valence-corrected chi connectivity index (χ0v) is 25.9. The number of likely N-dealkylation sites (tertiary alicyclic amines) is 1. The van der Waals surface area contributed by atoms with Gasteiger partial charge < -0.3 is 19.3 Å². The number of piperidine rings is 1. The standard InChI is InChI=1S/C34H32ClFN8O/c1-4-27(45)43-14-11-22(15-21(43)10-12-37)44-19-39-32-33(44)25-16-26(35)28(24-9-5-7-20-8-6-13-38-30(20)24)29(36)31(25)40-34(32)42-17-23(18-42)41(2)3/h4-9,13,16,19,21-23H,1,10-11,14-15,17-18H2,2-3H3. The van der Waals surface area contributed by atoms with Crippen molar-refractivity contribution >= 4 is 56.2 Å². The highest BCUT2D eigenvalue weighted by atomic mass is 35.5. The van der Waals surface area contributed by atoms with Crippen LogP contribution in [0.25, 0.3) is 44.0 Å². The van der Waals surface area contributed by atoms with E-state index in [9.17, 15) is 10.1 Å².